The monoisotopic (exact) mass is 409 g/mol. The summed E-state index contributed by atoms with van der Waals surface area (Å²) in [6.07, 6.45) is 3.06. The molecule has 3 N–H and O–H groups in total. The fraction of sp³-hybridized carbons (Fsp3) is 0.316. The van der Waals surface area contributed by atoms with Crippen molar-refractivity contribution in [2.75, 3.05) is 19.0 Å². The Labute approximate surface area is 167 Å². The standard InChI is InChI=1S/C12H14ClFO2.C7H7N3O2/c1-7-5-8(6-16-7)9-3-4-10(14)11(13)12(9)15-2;8-7(12)6-3-5(10-4-11)1-2-9-6/h3-4,7-8H,5-6H2,1-2H3;1-4H,(H2,8,12)(H,9,10,11). The van der Waals surface area contributed by atoms with Gasteiger partial charge in [-0.3, -0.25) is 14.6 Å². The lowest BCUT2D eigenvalue weighted by Gasteiger charge is -2.14. The first-order chi connectivity index (χ1) is 13.4. The van der Waals surface area contributed by atoms with Crippen LogP contribution in [0.1, 0.15) is 35.3 Å². The lowest BCUT2D eigenvalue weighted by Crippen LogP contribution is -2.13. The van der Waals surface area contributed by atoms with Crippen molar-refractivity contribution in [1.82, 2.24) is 4.98 Å². The van der Waals surface area contributed by atoms with E-state index in [1.165, 1.54) is 25.4 Å². The molecule has 1 fully saturated rings. The molecule has 1 aliphatic heterocycles. The largest absolute Gasteiger partial charge is 0.495 e. The number of halogens is 2. The topological polar surface area (TPSA) is 104 Å². The van der Waals surface area contributed by atoms with Crippen LogP contribution in [0.25, 0.3) is 0 Å². The highest BCUT2D eigenvalue weighted by molar-refractivity contribution is 6.32. The maximum atomic E-state index is 13.3. The fourth-order valence-corrected chi connectivity index (χ4v) is 3.08. The molecule has 150 valence electrons. The van der Waals surface area contributed by atoms with Gasteiger partial charge in [0.15, 0.2) is 0 Å². The molecule has 0 radical (unpaired) electrons. The molecule has 1 aromatic carbocycles. The number of anilines is 1. The number of nitrogens with zero attached hydrogens (tertiary/aromatic N) is 1. The van der Waals surface area contributed by atoms with Crippen molar-refractivity contribution < 1.29 is 23.5 Å². The Morgan fingerprint density at radius 1 is 1.46 bits per heavy atom. The first-order valence-corrected chi connectivity index (χ1v) is 8.84. The van der Waals surface area contributed by atoms with E-state index in [0.717, 1.165) is 12.0 Å². The Bertz CT molecular complexity index is 850. The molecule has 2 aromatic rings. The molecule has 1 aromatic heterocycles. The van der Waals surface area contributed by atoms with Crippen molar-refractivity contribution in [3.05, 3.63) is 52.6 Å². The molecule has 1 saturated heterocycles. The second kappa shape index (κ2) is 10.0. The molecule has 2 heterocycles. The summed E-state index contributed by atoms with van der Waals surface area (Å²) in [5.74, 6) is -0.397. The van der Waals surface area contributed by atoms with Crippen LogP contribution in [0, 0.1) is 5.82 Å². The average Bonchev–Trinajstić information content (AvgIpc) is 3.11. The van der Waals surface area contributed by atoms with E-state index in [-0.39, 0.29) is 22.7 Å². The molecule has 2 unspecified atom stereocenters. The summed E-state index contributed by atoms with van der Waals surface area (Å²) in [6, 6.07) is 6.06. The highest BCUT2D eigenvalue weighted by atomic mass is 35.5. The SMILES string of the molecule is COc1c(C2COC(C)C2)ccc(F)c1Cl.NC(=O)c1cc(NC=O)ccn1. The van der Waals surface area contributed by atoms with E-state index < -0.39 is 11.7 Å². The van der Waals surface area contributed by atoms with E-state index in [4.69, 9.17) is 26.8 Å². The first kappa shape index (κ1) is 21.6. The van der Waals surface area contributed by atoms with Crippen LogP contribution in [0.5, 0.6) is 5.75 Å². The minimum atomic E-state index is -0.621. The third kappa shape index (κ3) is 5.40. The molecule has 3 rings (SSSR count). The van der Waals surface area contributed by atoms with E-state index >= 15 is 0 Å². The Morgan fingerprint density at radius 3 is 2.79 bits per heavy atom. The Balaban J connectivity index is 0.000000209. The van der Waals surface area contributed by atoms with Crippen LogP contribution in [-0.4, -0.2) is 37.1 Å². The molecule has 0 bridgehead atoms. The number of methoxy groups -OCH3 is 1. The number of carbonyl (C=O) groups excluding carboxylic acids is 2. The number of benzene rings is 1. The zero-order valence-corrected chi connectivity index (χ0v) is 16.2. The molecular formula is C19H21ClFN3O4. The van der Waals surface area contributed by atoms with E-state index in [1.54, 1.807) is 12.1 Å². The number of pyridine rings is 1. The number of carbonyl (C=O) groups is 2. The van der Waals surface area contributed by atoms with Crippen molar-refractivity contribution >= 4 is 29.6 Å². The van der Waals surface area contributed by atoms with Gasteiger partial charge in [0.1, 0.15) is 22.3 Å². The summed E-state index contributed by atoms with van der Waals surface area (Å²) < 4.78 is 23.9. The Morgan fingerprint density at radius 2 is 2.21 bits per heavy atom. The van der Waals surface area contributed by atoms with Gasteiger partial charge in [0, 0.05) is 23.4 Å². The van der Waals surface area contributed by atoms with Crippen LogP contribution < -0.4 is 15.8 Å². The van der Waals surface area contributed by atoms with Crippen molar-refractivity contribution in [1.29, 1.82) is 0 Å². The van der Waals surface area contributed by atoms with Crippen LogP contribution in [-0.2, 0) is 9.53 Å². The van der Waals surface area contributed by atoms with Crippen molar-refractivity contribution in [2.45, 2.75) is 25.4 Å². The van der Waals surface area contributed by atoms with Gasteiger partial charge in [-0.05, 0) is 31.5 Å². The highest BCUT2D eigenvalue weighted by Crippen LogP contribution is 2.39. The van der Waals surface area contributed by atoms with Gasteiger partial charge in [-0.1, -0.05) is 17.7 Å². The number of ether oxygens (including phenoxy) is 2. The van der Waals surface area contributed by atoms with Gasteiger partial charge in [0.25, 0.3) is 5.91 Å². The van der Waals surface area contributed by atoms with Crippen molar-refractivity contribution in [3.63, 3.8) is 0 Å². The third-order valence-corrected chi connectivity index (χ3v) is 4.51. The molecule has 0 saturated carbocycles. The van der Waals surface area contributed by atoms with Crippen molar-refractivity contribution in [2.24, 2.45) is 5.73 Å². The summed E-state index contributed by atoms with van der Waals surface area (Å²) >= 11 is 5.87. The third-order valence-electron chi connectivity index (χ3n) is 4.16. The zero-order valence-electron chi connectivity index (χ0n) is 15.4. The normalized spacial score (nSPS) is 18.0. The van der Waals surface area contributed by atoms with E-state index in [1.807, 2.05) is 6.92 Å². The van der Waals surface area contributed by atoms with E-state index in [2.05, 4.69) is 10.3 Å². The van der Waals surface area contributed by atoms with E-state index in [9.17, 15) is 14.0 Å². The van der Waals surface area contributed by atoms with Gasteiger partial charge in [0.05, 0.1) is 19.8 Å². The number of rotatable bonds is 5. The minimum Gasteiger partial charge on any atom is -0.495 e. The minimum absolute atomic E-state index is 0.0551. The molecule has 2 amide bonds. The van der Waals surface area contributed by atoms with Crippen LogP contribution in [0.2, 0.25) is 5.02 Å². The maximum Gasteiger partial charge on any atom is 0.267 e. The maximum absolute atomic E-state index is 13.3. The fourth-order valence-electron chi connectivity index (χ4n) is 2.83. The van der Waals surface area contributed by atoms with Crippen LogP contribution >= 0.6 is 11.6 Å². The predicted molar refractivity (Wildman–Crippen MR) is 103 cm³/mol. The molecule has 1 aliphatic rings. The summed E-state index contributed by atoms with van der Waals surface area (Å²) in [7, 11) is 1.50. The highest BCUT2D eigenvalue weighted by Gasteiger charge is 2.27. The number of nitrogens with one attached hydrogen (secondary N) is 1. The van der Waals surface area contributed by atoms with E-state index in [0.29, 0.717) is 24.5 Å². The average molecular weight is 410 g/mol. The molecule has 0 aliphatic carbocycles. The zero-order chi connectivity index (χ0) is 20.7. The summed E-state index contributed by atoms with van der Waals surface area (Å²) in [5, 5.41) is 2.43. The lowest BCUT2D eigenvalue weighted by atomic mass is 9.95. The second-order valence-electron chi connectivity index (χ2n) is 6.12. The lowest BCUT2D eigenvalue weighted by molar-refractivity contribution is -0.105. The number of hydrogen-bond acceptors (Lipinski definition) is 5. The summed E-state index contributed by atoms with van der Waals surface area (Å²) in [4.78, 5) is 24.3. The van der Waals surface area contributed by atoms with Gasteiger partial charge < -0.3 is 20.5 Å². The molecule has 7 nitrogen and oxygen atoms in total. The summed E-state index contributed by atoms with van der Waals surface area (Å²) in [6.45, 7) is 2.66. The van der Waals surface area contributed by atoms with Gasteiger partial charge in [-0.25, -0.2) is 4.39 Å². The van der Waals surface area contributed by atoms with Crippen molar-refractivity contribution in [3.8, 4) is 5.75 Å². The number of amides is 2. The molecule has 28 heavy (non-hydrogen) atoms. The van der Waals surface area contributed by atoms with Gasteiger partial charge in [-0.2, -0.15) is 0 Å². The number of aromatic nitrogens is 1. The smallest absolute Gasteiger partial charge is 0.267 e. The van der Waals surface area contributed by atoms with Crippen LogP contribution in [0.4, 0.5) is 10.1 Å². The quantitative estimate of drug-likeness (QED) is 0.738. The van der Waals surface area contributed by atoms with Crippen LogP contribution in [0.3, 0.4) is 0 Å². The molecule has 9 heteroatoms. The van der Waals surface area contributed by atoms with Gasteiger partial charge >= 0.3 is 0 Å². The molecule has 0 spiro atoms. The second-order valence-corrected chi connectivity index (χ2v) is 6.49. The number of hydrogen-bond donors (Lipinski definition) is 2. The first-order valence-electron chi connectivity index (χ1n) is 8.46. The predicted octanol–water partition coefficient (Wildman–Crippen LogP) is 3.13. The Hall–Kier alpha value is -2.71. The number of nitrogens with two attached hydrogens (primary N) is 1. The Kier molecular flexibility index (Phi) is 7.71. The molecular weight excluding hydrogens is 389 g/mol. The van der Waals surface area contributed by atoms with Gasteiger partial charge in [-0.15, -0.1) is 0 Å². The molecule has 2 atom stereocenters. The van der Waals surface area contributed by atoms with Crippen LogP contribution in [0.15, 0.2) is 30.5 Å². The summed E-state index contributed by atoms with van der Waals surface area (Å²) in [5.41, 5.74) is 6.51. The number of primary amides is 1. The van der Waals surface area contributed by atoms with Gasteiger partial charge in [0.2, 0.25) is 6.41 Å².